The molecule has 1 aromatic rings. The lowest BCUT2D eigenvalue weighted by Crippen LogP contribution is -2.29. The van der Waals surface area contributed by atoms with Gasteiger partial charge >= 0.3 is 5.97 Å². The van der Waals surface area contributed by atoms with Crippen molar-refractivity contribution in [3.8, 4) is 5.75 Å². The summed E-state index contributed by atoms with van der Waals surface area (Å²) >= 11 is 11.6. The Morgan fingerprint density at radius 2 is 1.95 bits per heavy atom. The van der Waals surface area contributed by atoms with Crippen molar-refractivity contribution < 1.29 is 24.2 Å². The van der Waals surface area contributed by atoms with Gasteiger partial charge in [0, 0.05) is 12.6 Å². The Labute approximate surface area is 131 Å². The third-order valence-corrected chi connectivity index (χ3v) is 3.02. The Bertz CT molecular complexity index is 495. The van der Waals surface area contributed by atoms with Gasteiger partial charge in [-0.1, -0.05) is 23.2 Å². The van der Waals surface area contributed by atoms with Crippen molar-refractivity contribution in [1.82, 2.24) is 5.32 Å². The highest BCUT2D eigenvalue weighted by Crippen LogP contribution is 2.26. The fourth-order valence-electron chi connectivity index (χ4n) is 1.34. The van der Waals surface area contributed by atoms with Gasteiger partial charge in [0.1, 0.15) is 12.4 Å². The van der Waals surface area contributed by atoms with Gasteiger partial charge < -0.3 is 19.9 Å². The van der Waals surface area contributed by atoms with Crippen LogP contribution in [0.25, 0.3) is 0 Å². The molecule has 0 spiro atoms. The van der Waals surface area contributed by atoms with Crippen molar-refractivity contribution in [2.75, 3.05) is 26.4 Å². The highest BCUT2D eigenvalue weighted by molar-refractivity contribution is 6.42. The molecule has 0 saturated heterocycles. The van der Waals surface area contributed by atoms with E-state index in [2.05, 4.69) is 5.32 Å². The minimum atomic E-state index is -1.05. The van der Waals surface area contributed by atoms with Crippen molar-refractivity contribution in [3.63, 3.8) is 0 Å². The van der Waals surface area contributed by atoms with Crippen LogP contribution < -0.4 is 10.1 Å². The molecule has 0 atom stereocenters. The largest absolute Gasteiger partial charge is 0.493 e. The van der Waals surface area contributed by atoms with Gasteiger partial charge in [-0.05, 0) is 12.1 Å². The van der Waals surface area contributed by atoms with Gasteiger partial charge in [-0.3, -0.25) is 4.79 Å². The molecule has 21 heavy (non-hydrogen) atoms. The van der Waals surface area contributed by atoms with E-state index in [0.29, 0.717) is 15.8 Å². The highest BCUT2D eigenvalue weighted by atomic mass is 35.5. The maximum atomic E-state index is 11.4. The molecule has 0 aliphatic carbocycles. The number of hydrogen-bond acceptors (Lipinski definition) is 4. The van der Waals surface area contributed by atoms with Gasteiger partial charge in [0.15, 0.2) is 0 Å². The number of halogens is 2. The van der Waals surface area contributed by atoms with E-state index in [0.717, 1.165) is 0 Å². The number of hydrogen-bond donors (Lipinski definition) is 2. The van der Waals surface area contributed by atoms with E-state index in [1.807, 2.05) is 0 Å². The zero-order chi connectivity index (χ0) is 15.7. The van der Waals surface area contributed by atoms with E-state index in [1.54, 1.807) is 18.2 Å². The van der Waals surface area contributed by atoms with Gasteiger partial charge in [0.2, 0.25) is 5.91 Å². The van der Waals surface area contributed by atoms with Gasteiger partial charge in [-0.25, -0.2) is 4.79 Å². The summed E-state index contributed by atoms with van der Waals surface area (Å²) in [7, 11) is 0. The molecule has 0 fully saturated rings. The van der Waals surface area contributed by atoms with Crippen LogP contribution in [0.15, 0.2) is 18.2 Å². The van der Waals surface area contributed by atoms with E-state index < -0.39 is 5.97 Å². The fourth-order valence-corrected chi connectivity index (χ4v) is 1.63. The molecule has 0 heterocycles. The van der Waals surface area contributed by atoms with E-state index in [9.17, 15) is 9.59 Å². The minimum Gasteiger partial charge on any atom is -0.493 e. The third-order valence-electron chi connectivity index (χ3n) is 2.28. The van der Waals surface area contributed by atoms with Crippen LogP contribution in [0.2, 0.25) is 10.0 Å². The highest BCUT2D eigenvalue weighted by Gasteiger charge is 2.04. The maximum absolute atomic E-state index is 11.4. The quantitative estimate of drug-likeness (QED) is 0.674. The molecule has 0 aliphatic rings. The molecule has 1 aromatic carbocycles. The first-order chi connectivity index (χ1) is 9.99. The van der Waals surface area contributed by atoms with Crippen molar-refractivity contribution in [2.45, 2.75) is 6.42 Å². The summed E-state index contributed by atoms with van der Waals surface area (Å²) in [4.78, 5) is 21.6. The van der Waals surface area contributed by atoms with Gasteiger partial charge in [-0.2, -0.15) is 0 Å². The first-order valence-electron chi connectivity index (χ1n) is 6.13. The summed E-state index contributed by atoms with van der Waals surface area (Å²) in [6.45, 7) is 0.209. The molecule has 0 aliphatic heterocycles. The lowest BCUT2D eigenvalue weighted by Gasteiger charge is -2.08. The fraction of sp³-hybridized carbons (Fsp3) is 0.385. The molecule has 0 aromatic heterocycles. The smallest absolute Gasteiger partial charge is 0.329 e. The number of carbonyl (C=O) groups excluding carboxylic acids is 1. The lowest BCUT2D eigenvalue weighted by molar-refractivity contribution is -0.142. The van der Waals surface area contributed by atoms with Crippen molar-refractivity contribution in [2.24, 2.45) is 0 Å². The maximum Gasteiger partial charge on any atom is 0.329 e. The van der Waals surface area contributed by atoms with Gasteiger partial charge in [0.25, 0.3) is 0 Å². The number of aliphatic carboxylic acids is 1. The number of carboxylic acid groups (broad SMARTS) is 1. The van der Waals surface area contributed by atoms with E-state index in [1.165, 1.54) is 0 Å². The van der Waals surface area contributed by atoms with Crippen molar-refractivity contribution in [3.05, 3.63) is 28.2 Å². The van der Waals surface area contributed by atoms with Crippen LogP contribution >= 0.6 is 23.2 Å². The summed E-state index contributed by atoms with van der Waals surface area (Å²) in [5.74, 6) is -0.729. The molecule has 6 nitrogen and oxygen atoms in total. The molecular weight excluding hydrogens is 321 g/mol. The Morgan fingerprint density at radius 1 is 1.19 bits per heavy atom. The minimum absolute atomic E-state index is 0.145. The van der Waals surface area contributed by atoms with E-state index in [4.69, 9.17) is 37.8 Å². The molecular formula is C13H15Cl2NO5. The molecule has 1 amide bonds. The average molecular weight is 336 g/mol. The monoisotopic (exact) mass is 335 g/mol. The number of benzene rings is 1. The molecule has 116 valence electrons. The molecule has 2 N–H and O–H groups in total. The van der Waals surface area contributed by atoms with Gasteiger partial charge in [0.05, 0.1) is 29.7 Å². The zero-order valence-corrected chi connectivity index (χ0v) is 12.6. The summed E-state index contributed by atoms with van der Waals surface area (Å²) in [5, 5.41) is 11.7. The standard InChI is InChI=1S/C13H15Cl2NO5/c14-10-2-1-9(7-11(10)15)21-5-3-12(17)16-4-6-20-8-13(18)19/h1-2,7H,3-6,8H2,(H,16,17)(H,18,19). The van der Waals surface area contributed by atoms with Crippen LogP contribution in [0, 0.1) is 0 Å². The van der Waals surface area contributed by atoms with E-state index in [-0.39, 0.29) is 38.7 Å². The average Bonchev–Trinajstić information content (AvgIpc) is 2.42. The number of carbonyl (C=O) groups is 2. The molecule has 0 radical (unpaired) electrons. The number of carboxylic acids is 1. The van der Waals surface area contributed by atoms with Crippen LogP contribution in [0.1, 0.15) is 6.42 Å². The molecule has 0 bridgehead atoms. The number of nitrogens with one attached hydrogen (secondary N) is 1. The topological polar surface area (TPSA) is 84.9 Å². The lowest BCUT2D eigenvalue weighted by atomic mass is 10.3. The molecule has 8 heteroatoms. The Hall–Kier alpha value is -1.50. The van der Waals surface area contributed by atoms with Gasteiger partial charge in [-0.15, -0.1) is 0 Å². The van der Waals surface area contributed by atoms with Crippen LogP contribution in [-0.4, -0.2) is 43.3 Å². The third kappa shape index (κ3) is 7.75. The van der Waals surface area contributed by atoms with Crippen LogP contribution in [0.3, 0.4) is 0 Å². The summed E-state index contributed by atoms with van der Waals surface area (Å²) < 4.78 is 10.1. The molecule has 1 rings (SSSR count). The first-order valence-corrected chi connectivity index (χ1v) is 6.88. The van der Waals surface area contributed by atoms with Crippen LogP contribution in [0.5, 0.6) is 5.75 Å². The predicted molar refractivity (Wildman–Crippen MR) is 78.0 cm³/mol. The Kier molecular flexibility index (Phi) is 7.89. The van der Waals surface area contributed by atoms with Crippen molar-refractivity contribution >= 4 is 35.1 Å². The predicted octanol–water partition coefficient (Wildman–Crippen LogP) is 1.98. The Balaban J connectivity index is 2.13. The number of amides is 1. The van der Waals surface area contributed by atoms with Crippen molar-refractivity contribution in [1.29, 1.82) is 0 Å². The van der Waals surface area contributed by atoms with Crippen LogP contribution in [-0.2, 0) is 14.3 Å². The molecule has 0 saturated carbocycles. The number of ether oxygens (including phenoxy) is 2. The summed E-state index contributed by atoms with van der Waals surface area (Å²) in [5.41, 5.74) is 0. The SMILES string of the molecule is O=C(O)COCCNC(=O)CCOc1ccc(Cl)c(Cl)c1. The normalized spacial score (nSPS) is 10.2. The first kappa shape index (κ1) is 17.6. The summed E-state index contributed by atoms with van der Waals surface area (Å²) in [6.07, 6.45) is 0.166. The second kappa shape index (κ2) is 9.44. The Morgan fingerprint density at radius 3 is 2.62 bits per heavy atom. The second-order valence-electron chi connectivity index (χ2n) is 3.97. The zero-order valence-electron chi connectivity index (χ0n) is 11.1. The molecule has 0 unspecified atom stereocenters. The number of rotatable bonds is 9. The van der Waals surface area contributed by atoms with Crippen LogP contribution in [0.4, 0.5) is 0 Å². The second-order valence-corrected chi connectivity index (χ2v) is 4.79. The van der Waals surface area contributed by atoms with E-state index >= 15 is 0 Å². The summed E-state index contributed by atoms with van der Waals surface area (Å²) in [6, 6.07) is 4.84.